The van der Waals surface area contributed by atoms with E-state index < -0.39 is 0 Å². The molecule has 2 amide bonds. The van der Waals surface area contributed by atoms with E-state index in [2.05, 4.69) is 27.2 Å². The summed E-state index contributed by atoms with van der Waals surface area (Å²) in [6.07, 6.45) is 2.59. The fraction of sp³-hybridized carbons (Fsp3) is 0.417. The highest BCUT2D eigenvalue weighted by atomic mass is 16.2. The van der Waals surface area contributed by atoms with Crippen LogP contribution in [0.15, 0.2) is 54.6 Å². The molecule has 1 N–H and O–H groups in total. The van der Waals surface area contributed by atoms with Crippen LogP contribution in [0, 0.1) is 0 Å². The summed E-state index contributed by atoms with van der Waals surface area (Å²) in [5.74, 6) is 0.0545. The zero-order chi connectivity index (χ0) is 20.8. The van der Waals surface area contributed by atoms with Crippen LogP contribution in [0.4, 0.5) is 5.69 Å². The molecule has 0 aromatic heterocycles. The molecule has 0 atom stereocenters. The van der Waals surface area contributed by atoms with Gasteiger partial charge in [-0.2, -0.15) is 0 Å². The molecule has 2 heterocycles. The first-order chi connectivity index (χ1) is 14.7. The third-order valence-corrected chi connectivity index (χ3v) is 5.89. The van der Waals surface area contributed by atoms with Crippen molar-refractivity contribution < 1.29 is 9.59 Å². The number of hydrogen-bond acceptors (Lipinski definition) is 4. The van der Waals surface area contributed by atoms with Crippen LogP contribution in [0.3, 0.4) is 0 Å². The fourth-order valence-corrected chi connectivity index (χ4v) is 4.17. The normalized spacial score (nSPS) is 17.8. The van der Waals surface area contributed by atoms with Gasteiger partial charge in [0.05, 0.1) is 6.54 Å². The molecule has 2 aliphatic rings. The van der Waals surface area contributed by atoms with Gasteiger partial charge in [0.1, 0.15) is 0 Å². The number of benzene rings is 2. The monoisotopic (exact) mass is 406 g/mol. The molecule has 0 saturated carbocycles. The third kappa shape index (κ3) is 5.46. The van der Waals surface area contributed by atoms with Crippen molar-refractivity contribution in [2.45, 2.75) is 19.4 Å². The topological polar surface area (TPSA) is 55.9 Å². The van der Waals surface area contributed by atoms with E-state index in [1.165, 1.54) is 31.5 Å². The van der Waals surface area contributed by atoms with Crippen LogP contribution >= 0.6 is 0 Å². The van der Waals surface area contributed by atoms with E-state index in [9.17, 15) is 9.59 Å². The maximum atomic E-state index is 12.5. The molecule has 158 valence electrons. The molecular formula is C24H30N4O2. The van der Waals surface area contributed by atoms with Gasteiger partial charge in [0, 0.05) is 44.0 Å². The van der Waals surface area contributed by atoms with Crippen molar-refractivity contribution in [3.05, 3.63) is 65.7 Å². The van der Waals surface area contributed by atoms with Gasteiger partial charge in [0.2, 0.25) is 5.91 Å². The van der Waals surface area contributed by atoms with Crippen LogP contribution in [0.5, 0.6) is 0 Å². The number of nitrogens with one attached hydrogen (secondary N) is 1. The van der Waals surface area contributed by atoms with E-state index >= 15 is 0 Å². The smallest absolute Gasteiger partial charge is 0.253 e. The molecule has 2 aromatic carbocycles. The van der Waals surface area contributed by atoms with E-state index in [1.54, 1.807) is 0 Å². The standard InChI is InChI=1S/C24H30N4O2/c29-23(25-22-10-8-20(9-11-22)18-26-12-4-5-13-26)19-27-14-16-28(17-15-27)24(30)21-6-2-1-3-7-21/h1-3,6-11H,4-5,12-19H2,(H,25,29). The molecule has 2 fully saturated rings. The van der Waals surface area contributed by atoms with Crippen LogP contribution in [0.2, 0.25) is 0 Å². The first-order valence-electron chi connectivity index (χ1n) is 10.9. The molecule has 2 saturated heterocycles. The minimum absolute atomic E-state index is 0.00914. The Hall–Kier alpha value is -2.70. The van der Waals surface area contributed by atoms with Crippen molar-refractivity contribution in [2.24, 2.45) is 0 Å². The first-order valence-corrected chi connectivity index (χ1v) is 10.9. The average Bonchev–Trinajstić information content (AvgIpc) is 3.29. The second kappa shape index (κ2) is 9.87. The molecule has 0 radical (unpaired) electrons. The molecule has 0 spiro atoms. The summed E-state index contributed by atoms with van der Waals surface area (Å²) in [7, 11) is 0. The Bertz CT molecular complexity index is 839. The van der Waals surface area contributed by atoms with Crippen molar-refractivity contribution in [1.82, 2.24) is 14.7 Å². The second-order valence-electron chi connectivity index (χ2n) is 8.16. The molecule has 2 aliphatic heterocycles. The van der Waals surface area contributed by atoms with Gasteiger partial charge < -0.3 is 10.2 Å². The SMILES string of the molecule is O=C(CN1CCN(C(=O)c2ccccc2)CC1)Nc1ccc(CN2CCCC2)cc1. The minimum Gasteiger partial charge on any atom is -0.336 e. The summed E-state index contributed by atoms with van der Waals surface area (Å²) in [6, 6.07) is 17.5. The van der Waals surface area contributed by atoms with Crippen molar-refractivity contribution in [1.29, 1.82) is 0 Å². The predicted molar refractivity (Wildman–Crippen MR) is 118 cm³/mol. The van der Waals surface area contributed by atoms with Crippen LogP contribution < -0.4 is 5.32 Å². The van der Waals surface area contributed by atoms with E-state index in [-0.39, 0.29) is 11.8 Å². The van der Waals surface area contributed by atoms with Crippen molar-refractivity contribution in [3.63, 3.8) is 0 Å². The predicted octanol–water partition coefficient (Wildman–Crippen LogP) is 2.68. The van der Waals surface area contributed by atoms with Crippen molar-refractivity contribution >= 4 is 17.5 Å². The number of amides is 2. The van der Waals surface area contributed by atoms with E-state index in [0.717, 1.165) is 17.8 Å². The molecule has 6 heteroatoms. The molecule has 0 unspecified atom stereocenters. The fourth-order valence-electron chi connectivity index (χ4n) is 4.17. The van der Waals surface area contributed by atoms with Gasteiger partial charge >= 0.3 is 0 Å². The van der Waals surface area contributed by atoms with Crippen LogP contribution in [0.1, 0.15) is 28.8 Å². The van der Waals surface area contributed by atoms with Gasteiger partial charge in [0.15, 0.2) is 0 Å². The third-order valence-electron chi connectivity index (χ3n) is 5.89. The second-order valence-corrected chi connectivity index (χ2v) is 8.16. The number of likely N-dealkylation sites (tertiary alicyclic amines) is 1. The Morgan fingerprint density at radius 2 is 1.43 bits per heavy atom. The Morgan fingerprint density at radius 1 is 0.767 bits per heavy atom. The summed E-state index contributed by atoms with van der Waals surface area (Å²) in [6.45, 7) is 6.41. The Balaban J connectivity index is 1.21. The number of anilines is 1. The molecule has 0 aliphatic carbocycles. The minimum atomic E-state index is -0.00914. The van der Waals surface area contributed by atoms with Crippen LogP contribution in [-0.4, -0.2) is 72.3 Å². The maximum absolute atomic E-state index is 12.5. The Kier molecular flexibility index (Phi) is 6.77. The zero-order valence-electron chi connectivity index (χ0n) is 17.4. The number of hydrogen-bond donors (Lipinski definition) is 1. The number of carbonyl (C=O) groups excluding carboxylic acids is 2. The summed E-state index contributed by atoms with van der Waals surface area (Å²) < 4.78 is 0. The summed E-state index contributed by atoms with van der Waals surface area (Å²) in [4.78, 5) is 31.4. The molecular weight excluding hydrogens is 376 g/mol. The average molecular weight is 407 g/mol. The summed E-state index contributed by atoms with van der Waals surface area (Å²) in [5, 5.41) is 3.00. The van der Waals surface area contributed by atoms with Gasteiger partial charge in [0.25, 0.3) is 5.91 Å². The highest BCUT2D eigenvalue weighted by molar-refractivity contribution is 5.94. The molecule has 0 bridgehead atoms. The number of rotatable bonds is 6. The quantitative estimate of drug-likeness (QED) is 0.801. The summed E-state index contributed by atoms with van der Waals surface area (Å²) in [5.41, 5.74) is 2.84. The number of nitrogens with zero attached hydrogens (tertiary/aromatic N) is 3. The lowest BCUT2D eigenvalue weighted by Gasteiger charge is -2.34. The lowest BCUT2D eigenvalue weighted by Crippen LogP contribution is -2.50. The zero-order valence-corrected chi connectivity index (χ0v) is 17.4. The largest absolute Gasteiger partial charge is 0.336 e. The number of carbonyl (C=O) groups is 2. The Labute approximate surface area is 178 Å². The highest BCUT2D eigenvalue weighted by Crippen LogP contribution is 2.15. The van der Waals surface area contributed by atoms with E-state index in [0.29, 0.717) is 32.7 Å². The van der Waals surface area contributed by atoms with E-state index in [1.807, 2.05) is 47.4 Å². The van der Waals surface area contributed by atoms with Crippen LogP contribution in [-0.2, 0) is 11.3 Å². The molecule has 4 rings (SSSR count). The lowest BCUT2D eigenvalue weighted by molar-refractivity contribution is -0.117. The van der Waals surface area contributed by atoms with Crippen molar-refractivity contribution in [3.8, 4) is 0 Å². The van der Waals surface area contributed by atoms with E-state index in [4.69, 9.17) is 0 Å². The van der Waals surface area contributed by atoms with Gasteiger partial charge in [-0.05, 0) is 55.8 Å². The molecule has 2 aromatic rings. The maximum Gasteiger partial charge on any atom is 0.253 e. The lowest BCUT2D eigenvalue weighted by atomic mass is 10.2. The highest BCUT2D eigenvalue weighted by Gasteiger charge is 2.23. The number of piperazine rings is 1. The Morgan fingerprint density at radius 3 is 2.10 bits per heavy atom. The van der Waals surface area contributed by atoms with Crippen LogP contribution in [0.25, 0.3) is 0 Å². The molecule has 6 nitrogen and oxygen atoms in total. The first kappa shape index (κ1) is 20.6. The summed E-state index contributed by atoms with van der Waals surface area (Å²) >= 11 is 0. The van der Waals surface area contributed by atoms with Gasteiger partial charge in [-0.1, -0.05) is 30.3 Å². The van der Waals surface area contributed by atoms with Gasteiger partial charge in [-0.15, -0.1) is 0 Å². The van der Waals surface area contributed by atoms with Gasteiger partial charge in [-0.3, -0.25) is 19.4 Å². The van der Waals surface area contributed by atoms with Crippen molar-refractivity contribution in [2.75, 3.05) is 51.1 Å². The molecule has 30 heavy (non-hydrogen) atoms. The van der Waals surface area contributed by atoms with Gasteiger partial charge in [-0.25, -0.2) is 0 Å².